The lowest BCUT2D eigenvalue weighted by atomic mass is 9.79. The van der Waals surface area contributed by atoms with Crippen LogP contribution in [0.25, 0.3) is 11.1 Å². The third-order valence-corrected chi connectivity index (χ3v) is 9.29. The van der Waals surface area contributed by atoms with Crippen LogP contribution in [0, 0.1) is 0 Å². The van der Waals surface area contributed by atoms with Crippen LogP contribution < -0.4 is 20.1 Å². The van der Waals surface area contributed by atoms with Gasteiger partial charge in [-0.2, -0.15) is 0 Å². The third kappa shape index (κ3) is 3.05. The molecule has 0 atom stereocenters. The van der Waals surface area contributed by atoms with E-state index >= 15 is 0 Å². The summed E-state index contributed by atoms with van der Waals surface area (Å²) in [4.78, 5) is 15.0. The summed E-state index contributed by atoms with van der Waals surface area (Å²) in [6.07, 6.45) is 11.3. The number of anilines is 1. The quantitative estimate of drug-likeness (QED) is 0.417. The number of fused-ring (bicyclic) bond motifs is 4. The highest BCUT2D eigenvalue weighted by Crippen LogP contribution is 2.49. The molecule has 37 heavy (non-hydrogen) atoms. The summed E-state index contributed by atoms with van der Waals surface area (Å²) in [6.45, 7) is 2.23. The first-order chi connectivity index (χ1) is 18.2. The number of rotatable bonds is 2. The second-order valence-corrected chi connectivity index (χ2v) is 11.3. The summed E-state index contributed by atoms with van der Waals surface area (Å²) in [5, 5.41) is 12.8. The molecule has 2 aliphatic carbocycles. The molecule has 0 saturated heterocycles. The molecule has 0 saturated carbocycles. The van der Waals surface area contributed by atoms with E-state index in [1.54, 1.807) is 11.6 Å². The fourth-order valence-electron chi connectivity index (χ4n) is 7.86. The zero-order valence-electron chi connectivity index (χ0n) is 21.2. The van der Waals surface area contributed by atoms with E-state index in [9.17, 15) is 9.90 Å². The van der Waals surface area contributed by atoms with E-state index in [4.69, 9.17) is 4.74 Å². The standard InChI is InChI=1S/C33H31NO3/c35-33(36)23-12-2-1-11-22(23)29-26-17-20-9-3-7-19-8-4-13-24(28(19)20)31(26)37-32-25-14-6-16-34-15-5-10-21(30(25)34)18-27(29)32/h1-2,11-12,17-18H,3-10,13-16H2,(H,35,36). The summed E-state index contributed by atoms with van der Waals surface area (Å²) < 4.78 is 7.06. The van der Waals surface area contributed by atoms with E-state index in [1.165, 1.54) is 65.3 Å². The van der Waals surface area contributed by atoms with Crippen LogP contribution in [0.4, 0.5) is 5.69 Å². The lowest BCUT2D eigenvalue weighted by Crippen LogP contribution is -2.36. The molecule has 0 radical (unpaired) electrons. The predicted molar refractivity (Wildman–Crippen MR) is 145 cm³/mol. The van der Waals surface area contributed by atoms with E-state index in [1.807, 2.05) is 18.2 Å². The fraction of sp³-hybridized carbons (Fsp3) is 0.364. The predicted octanol–water partition coefficient (Wildman–Crippen LogP) is 5.26. The zero-order valence-corrected chi connectivity index (χ0v) is 21.2. The molecule has 0 spiro atoms. The van der Waals surface area contributed by atoms with Crippen LogP contribution in [0.5, 0.6) is 11.5 Å². The van der Waals surface area contributed by atoms with Crippen molar-refractivity contribution < 1.29 is 14.6 Å². The summed E-state index contributed by atoms with van der Waals surface area (Å²) in [7, 11) is 0. The molecule has 4 nitrogen and oxygen atoms in total. The molecular weight excluding hydrogens is 458 g/mol. The molecule has 0 unspecified atom stereocenters. The minimum atomic E-state index is -0.877. The van der Waals surface area contributed by atoms with Crippen LogP contribution in [0.3, 0.4) is 0 Å². The van der Waals surface area contributed by atoms with Crippen molar-refractivity contribution in [2.24, 2.45) is 0 Å². The second-order valence-electron chi connectivity index (χ2n) is 11.3. The van der Waals surface area contributed by atoms with Gasteiger partial charge in [0.2, 0.25) is 0 Å². The number of aryl methyl sites for hydroxylation is 2. The highest BCUT2D eigenvalue weighted by Gasteiger charge is 2.34. The molecule has 186 valence electrons. The van der Waals surface area contributed by atoms with Crippen molar-refractivity contribution in [1.82, 2.24) is 0 Å². The Bertz CT molecular complexity index is 1640. The Hall–Kier alpha value is -3.53. The van der Waals surface area contributed by atoms with Gasteiger partial charge in [0.25, 0.3) is 0 Å². The molecule has 3 aromatic carbocycles. The molecular formula is C33H31NO3. The topological polar surface area (TPSA) is 49.8 Å². The minimum Gasteiger partial charge on any atom is -0.478 e. The van der Waals surface area contributed by atoms with Crippen LogP contribution >= 0.6 is 0 Å². The third-order valence-electron chi connectivity index (χ3n) is 9.29. The average molecular weight is 490 g/mol. The largest absolute Gasteiger partial charge is 0.478 e. The molecule has 4 heteroatoms. The van der Waals surface area contributed by atoms with E-state index in [0.717, 1.165) is 78.6 Å². The Morgan fingerprint density at radius 1 is 0.784 bits per heavy atom. The molecule has 5 aliphatic rings. The Kier molecular flexibility index (Phi) is 4.65. The second kappa shape index (κ2) is 7.98. The van der Waals surface area contributed by atoms with Crippen LogP contribution in [-0.2, 0) is 25.7 Å². The first kappa shape index (κ1) is 21.5. The van der Waals surface area contributed by atoms with Gasteiger partial charge in [0.1, 0.15) is 11.5 Å². The molecule has 0 aromatic heterocycles. The van der Waals surface area contributed by atoms with Gasteiger partial charge in [0.05, 0.1) is 5.56 Å². The Morgan fingerprint density at radius 2 is 1.54 bits per heavy atom. The number of nitrogens with zero attached hydrogens (tertiary/aromatic N) is 1. The van der Waals surface area contributed by atoms with Gasteiger partial charge in [-0.05, 0) is 104 Å². The smallest absolute Gasteiger partial charge is 0.336 e. The van der Waals surface area contributed by atoms with E-state index in [0.29, 0.717) is 5.56 Å². The first-order valence-electron chi connectivity index (χ1n) is 14.0. The van der Waals surface area contributed by atoms with Crippen LogP contribution in [0.2, 0.25) is 0 Å². The van der Waals surface area contributed by atoms with Crippen LogP contribution in [0.1, 0.15) is 82.3 Å². The molecule has 0 fully saturated rings. The zero-order chi connectivity index (χ0) is 24.7. The number of hydrogen-bond acceptors (Lipinski definition) is 3. The average Bonchev–Trinajstić information content (AvgIpc) is 2.93. The van der Waals surface area contributed by atoms with Crippen molar-refractivity contribution in [3.05, 3.63) is 85.8 Å². The van der Waals surface area contributed by atoms with Crippen LogP contribution in [-0.4, -0.2) is 24.2 Å². The number of hydrogen-bond donors (Lipinski definition) is 1. The van der Waals surface area contributed by atoms with Gasteiger partial charge in [-0.25, -0.2) is 4.79 Å². The SMILES string of the molecule is O=C(O)c1ccccc1C1=c2cc3c4c(c2Oc2c1cc1c5c2CCCN5CCC1)CCCC=4CCC3. The normalized spacial score (nSPS) is 18.9. The molecule has 3 aliphatic heterocycles. The lowest BCUT2D eigenvalue weighted by molar-refractivity contribution is 0.0696. The summed E-state index contributed by atoms with van der Waals surface area (Å²) >= 11 is 0. The van der Waals surface area contributed by atoms with Gasteiger partial charge in [-0.1, -0.05) is 23.8 Å². The van der Waals surface area contributed by atoms with Crippen molar-refractivity contribution in [3.8, 4) is 11.5 Å². The van der Waals surface area contributed by atoms with E-state index in [2.05, 4.69) is 17.0 Å². The number of carbonyl (C=O) groups is 1. The van der Waals surface area contributed by atoms with Crippen molar-refractivity contribution in [3.63, 3.8) is 0 Å². The highest BCUT2D eigenvalue weighted by molar-refractivity contribution is 5.99. The maximum Gasteiger partial charge on any atom is 0.336 e. The van der Waals surface area contributed by atoms with Gasteiger partial charge in [0, 0.05) is 46.3 Å². The highest BCUT2D eigenvalue weighted by atomic mass is 16.5. The van der Waals surface area contributed by atoms with Gasteiger partial charge in [-0.15, -0.1) is 0 Å². The summed E-state index contributed by atoms with van der Waals surface area (Å²) in [5.41, 5.74) is 11.8. The van der Waals surface area contributed by atoms with E-state index in [-0.39, 0.29) is 0 Å². The number of carboxylic acid groups (broad SMARTS) is 1. The minimum absolute atomic E-state index is 0.364. The van der Waals surface area contributed by atoms with Crippen molar-refractivity contribution >= 4 is 22.8 Å². The fourth-order valence-corrected chi connectivity index (χ4v) is 7.86. The number of ether oxygens (including phenoxy) is 1. The molecule has 3 aromatic rings. The van der Waals surface area contributed by atoms with Gasteiger partial charge in [-0.3, -0.25) is 0 Å². The Balaban J connectivity index is 1.54. The van der Waals surface area contributed by atoms with Crippen molar-refractivity contribution in [2.75, 3.05) is 18.0 Å². The molecule has 0 bridgehead atoms. The monoisotopic (exact) mass is 489 g/mol. The summed E-state index contributed by atoms with van der Waals surface area (Å²) in [5.74, 6) is 1.09. The number of benzene rings is 3. The van der Waals surface area contributed by atoms with Crippen molar-refractivity contribution in [1.29, 1.82) is 0 Å². The molecule has 0 amide bonds. The molecule has 1 N–H and O–H groups in total. The summed E-state index contributed by atoms with van der Waals surface area (Å²) in [6, 6.07) is 12.2. The van der Waals surface area contributed by atoms with Gasteiger partial charge >= 0.3 is 5.97 Å². The lowest BCUT2D eigenvalue weighted by Gasteiger charge is -2.39. The molecule has 3 heterocycles. The maximum atomic E-state index is 12.4. The van der Waals surface area contributed by atoms with Crippen molar-refractivity contribution in [2.45, 2.75) is 64.2 Å². The maximum absolute atomic E-state index is 12.4. The van der Waals surface area contributed by atoms with E-state index < -0.39 is 5.97 Å². The Morgan fingerprint density at radius 3 is 2.41 bits per heavy atom. The Labute approximate surface area is 216 Å². The number of aromatic carboxylic acids is 1. The van der Waals surface area contributed by atoms with Gasteiger partial charge in [0.15, 0.2) is 0 Å². The first-order valence-corrected chi connectivity index (χ1v) is 14.0. The molecule has 8 rings (SSSR count). The van der Waals surface area contributed by atoms with Gasteiger partial charge < -0.3 is 14.7 Å². The van der Waals surface area contributed by atoms with Crippen LogP contribution in [0.15, 0.2) is 36.4 Å². The number of carboxylic acids is 1.